The second-order valence-corrected chi connectivity index (χ2v) is 8.63. The summed E-state index contributed by atoms with van der Waals surface area (Å²) in [4.78, 5) is 14.5. The maximum atomic E-state index is 11.2. The van der Waals surface area contributed by atoms with Crippen LogP contribution in [0, 0.1) is 24.3 Å². The first-order valence-corrected chi connectivity index (χ1v) is 11.0. The summed E-state index contributed by atoms with van der Waals surface area (Å²) in [6, 6.07) is 15.9. The first-order chi connectivity index (χ1) is 15.6. The van der Waals surface area contributed by atoms with Crippen LogP contribution in [0.3, 0.4) is 0 Å². The zero-order valence-electron chi connectivity index (χ0n) is 17.8. The predicted octanol–water partition coefficient (Wildman–Crippen LogP) is 4.09. The molecular formula is C27H24N4O. The van der Waals surface area contributed by atoms with Crippen molar-refractivity contribution < 1.29 is 5.11 Å². The van der Waals surface area contributed by atoms with E-state index in [-0.39, 0.29) is 5.92 Å². The van der Waals surface area contributed by atoms with Crippen molar-refractivity contribution in [1.29, 1.82) is 0 Å². The molecule has 0 amide bonds. The molecule has 3 fully saturated rings. The maximum Gasteiger partial charge on any atom is 0.269 e. The highest BCUT2D eigenvalue weighted by Gasteiger charge is 2.44. The van der Waals surface area contributed by atoms with E-state index in [1.807, 2.05) is 30.3 Å². The Hall–Kier alpha value is -3.51. The van der Waals surface area contributed by atoms with Crippen molar-refractivity contribution in [3.8, 4) is 23.1 Å². The van der Waals surface area contributed by atoms with Crippen LogP contribution in [0.4, 0.5) is 5.82 Å². The van der Waals surface area contributed by atoms with Gasteiger partial charge in [-0.25, -0.2) is 0 Å². The van der Waals surface area contributed by atoms with E-state index < -0.39 is 5.60 Å². The molecule has 1 aromatic carbocycles. The number of benzene rings is 1. The van der Waals surface area contributed by atoms with Gasteiger partial charge in [-0.3, -0.25) is 9.88 Å². The van der Waals surface area contributed by atoms with Crippen LogP contribution < -0.4 is 0 Å². The SMILES string of the molecule is [C-]#[N+]c1ccc(-c2cc(Cc3ccccc3)c(C#CC3(O)CN4CCC3CC4)cn2)cn1. The van der Waals surface area contributed by atoms with E-state index in [4.69, 9.17) is 6.57 Å². The monoisotopic (exact) mass is 420 g/mol. The Balaban J connectivity index is 1.51. The number of hydrogen-bond donors (Lipinski definition) is 1. The van der Waals surface area contributed by atoms with Crippen molar-refractivity contribution in [2.75, 3.05) is 19.6 Å². The van der Waals surface area contributed by atoms with Gasteiger partial charge < -0.3 is 9.95 Å². The molecule has 32 heavy (non-hydrogen) atoms. The van der Waals surface area contributed by atoms with Crippen LogP contribution >= 0.6 is 0 Å². The average molecular weight is 421 g/mol. The van der Waals surface area contributed by atoms with Crippen molar-refractivity contribution >= 4 is 5.82 Å². The lowest BCUT2D eigenvalue weighted by Crippen LogP contribution is -2.58. The van der Waals surface area contributed by atoms with Crippen LogP contribution in [0.1, 0.15) is 29.5 Å². The number of piperidine rings is 3. The van der Waals surface area contributed by atoms with E-state index in [2.05, 4.69) is 43.7 Å². The first kappa shape index (κ1) is 20.4. The lowest BCUT2D eigenvalue weighted by molar-refractivity contribution is -0.0713. The molecule has 5 heterocycles. The summed E-state index contributed by atoms with van der Waals surface area (Å²) in [6.07, 6.45) is 6.22. The number of aliphatic hydroxyl groups is 1. The molecular weight excluding hydrogens is 396 g/mol. The molecule has 5 heteroatoms. The van der Waals surface area contributed by atoms with Gasteiger partial charge in [0.05, 0.1) is 5.69 Å². The Morgan fingerprint density at radius 3 is 2.56 bits per heavy atom. The van der Waals surface area contributed by atoms with Crippen LogP contribution in [-0.4, -0.2) is 45.2 Å². The number of pyridine rings is 2. The van der Waals surface area contributed by atoms with Crippen molar-refractivity contribution in [2.24, 2.45) is 5.92 Å². The number of rotatable bonds is 3. The number of nitrogens with zero attached hydrogens (tertiary/aromatic N) is 4. The summed E-state index contributed by atoms with van der Waals surface area (Å²) in [6.45, 7) is 9.84. The Bertz CT molecular complexity index is 1210. The highest BCUT2D eigenvalue weighted by molar-refractivity contribution is 5.62. The zero-order chi connectivity index (χ0) is 22.0. The molecule has 1 atom stereocenters. The minimum absolute atomic E-state index is 0.247. The standard InChI is InChI=1S/C27H24N4O/c1-28-26-8-7-22(18-30-26)25-16-23(15-20-5-3-2-4-6-20)21(17-29-25)9-12-27(32)19-31-13-10-24(27)11-14-31/h2-8,16-18,24,32H,10-11,13-15,19H2. The van der Waals surface area contributed by atoms with Crippen molar-refractivity contribution in [3.05, 3.63) is 89.0 Å². The molecule has 5 nitrogen and oxygen atoms in total. The Kier molecular flexibility index (Phi) is 5.45. The molecule has 3 aromatic rings. The van der Waals surface area contributed by atoms with Crippen LogP contribution in [0.15, 0.2) is 60.9 Å². The summed E-state index contributed by atoms with van der Waals surface area (Å²) < 4.78 is 0. The van der Waals surface area contributed by atoms with E-state index in [1.54, 1.807) is 18.5 Å². The molecule has 3 aliphatic heterocycles. The highest BCUT2D eigenvalue weighted by atomic mass is 16.3. The molecule has 158 valence electrons. The fraction of sp³-hybridized carbons (Fsp3) is 0.296. The summed E-state index contributed by atoms with van der Waals surface area (Å²) in [5.41, 5.74) is 3.81. The van der Waals surface area contributed by atoms with E-state index in [0.29, 0.717) is 12.4 Å². The molecule has 6 rings (SSSR count). The topological polar surface area (TPSA) is 53.6 Å². The molecule has 3 saturated heterocycles. The number of fused-ring (bicyclic) bond motifs is 3. The summed E-state index contributed by atoms with van der Waals surface area (Å²) in [5.74, 6) is 7.12. The molecule has 0 aliphatic carbocycles. The third-order valence-corrected chi connectivity index (χ3v) is 6.53. The fourth-order valence-corrected chi connectivity index (χ4v) is 4.69. The molecule has 2 bridgehead atoms. The van der Waals surface area contributed by atoms with Gasteiger partial charge in [0.15, 0.2) is 0 Å². The van der Waals surface area contributed by atoms with Gasteiger partial charge in [-0.2, -0.15) is 0 Å². The van der Waals surface area contributed by atoms with E-state index >= 15 is 0 Å². The van der Waals surface area contributed by atoms with Crippen LogP contribution in [-0.2, 0) is 6.42 Å². The molecule has 1 unspecified atom stereocenters. The highest BCUT2D eigenvalue weighted by Crippen LogP contribution is 2.35. The van der Waals surface area contributed by atoms with Gasteiger partial charge in [0, 0.05) is 29.8 Å². The lowest BCUT2D eigenvalue weighted by atomic mass is 9.75. The van der Waals surface area contributed by atoms with Crippen LogP contribution in [0.2, 0.25) is 0 Å². The number of aromatic nitrogens is 2. The number of hydrogen-bond acceptors (Lipinski definition) is 4. The largest absolute Gasteiger partial charge is 0.376 e. The van der Waals surface area contributed by atoms with Crippen LogP contribution in [0.5, 0.6) is 0 Å². The zero-order valence-corrected chi connectivity index (χ0v) is 17.8. The minimum atomic E-state index is -0.946. The van der Waals surface area contributed by atoms with Crippen molar-refractivity contribution in [1.82, 2.24) is 14.9 Å². The third-order valence-electron chi connectivity index (χ3n) is 6.53. The van der Waals surface area contributed by atoms with Gasteiger partial charge in [0.25, 0.3) is 5.82 Å². The molecule has 1 N–H and O–H groups in total. The quantitative estimate of drug-likeness (QED) is 0.512. The second kappa shape index (κ2) is 8.55. The van der Waals surface area contributed by atoms with E-state index in [0.717, 1.165) is 54.7 Å². The van der Waals surface area contributed by atoms with E-state index in [9.17, 15) is 5.11 Å². The summed E-state index contributed by atoms with van der Waals surface area (Å²) in [5, 5.41) is 11.2. The van der Waals surface area contributed by atoms with Crippen molar-refractivity contribution in [3.63, 3.8) is 0 Å². The minimum Gasteiger partial charge on any atom is -0.376 e. The van der Waals surface area contributed by atoms with Crippen LogP contribution in [0.25, 0.3) is 16.1 Å². The third kappa shape index (κ3) is 4.14. The smallest absolute Gasteiger partial charge is 0.269 e. The van der Waals surface area contributed by atoms with Gasteiger partial charge in [-0.1, -0.05) is 54.8 Å². The molecule has 0 radical (unpaired) electrons. The summed E-state index contributed by atoms with van der Waals surface area (Å²) >= 11 is 0. The van der Waals surface area contributed by atoms with E-state index in [1.165, 1.54) is 5.56 Å². The molecule has 0 saturated carbocycles. The Labute approximate surface area is 188 Å². The predicted molar refractivity (Wildman–Crippen MR) is 124 cm³/mol. The lowest BCUT2D eigenvalue weighted by Gasteiger charge is -2.47. The first-order valence-electron chi connectivity index (χ1n) is 11.0. The molecule has 0 spiro atoms. The summed E-state index contributed by atoms with van der Waals surface area (Å²) in [7, 11) is 0. The van der Waals surface area contributed by atoms with Gasteiger partial charge in [0.1, 0.15) is 11.8 Å². The average Bonchev–Trinajstić information content (AvgIpc) is 2.84. The molecule has 3 aliphatic rings. The second-order valence-electron chi connectivity index (χ2n) is 8.63. The van der Waals surface area contributed by atoms with Crippen molar-refractivity contribution in [2.45, 2.75) is 24.9 Å². The normalized spacial score (nSPS) is 23.8. The van der Waals surface area contributed by atoms with Gasteiger partial charge >= 0.3 is 0 Å². The fourth-order valence-electron chi connectivity index (χ4n) is 4.69. The maximum absolute atomic E-state index is 11.2. The molecule has 2 aromatic heterocycles. The van der Waals surface area contributed by atoms with Gasteiger partial charge in [-0.05, 0) is 55.6 Å². The Morgan fingerprint density at radius 1 is 1.09 bits per heavy atom. The Morgan fingerprint density at radius 2 is 1.91 bits per heavy atom. The van der Waals surface area contributed by atoms with Gasteiger partial charge in [0.2, 0.25) is 0 Å². The van der Waals surface area contributed by atoms with Gasteiger partial charge in [-0.15, -0.1) is 4.98 Å².